The van der Waals surface area contributed by atoms with Gasteiger partial charge in [-0.3, -0.25) is 19.4 Å². The Kier molecular flexibility index (Phi) is 20.9. The van der Waals surface area contributed by atoms with Crippen LogP contribution < -0.4 is 11.1 Å². The van der Waals surface area contributed by atoms with Crippen LogP contribution >= 0.6 is 0 Å². The molecular formula is C41H55F2N7O5. The lowest BCUT2D eigenvalue weighted by Gasteiger charge is -2.26. The van der Waals surface area contributed by atoms with E-state index in [0.29, 0.717) is 17.9 Å². The summed E-state index contributed by atoms with van der Waals surface area (Å²) < 4.78 is 40.4. The molecule has 1 aliphatic rings. The van der Waals surface area contributed by atoms with Gasteiger partial charge < -0.3 is 20.5 Å². The van der Waals surface area contributed by atoms with Crippen LogP contribution in [0.25, 0.3) is 5.70 Å². The van der Waals surface area contributed by atoms with Gasteiger partial charge in [-0.15, -0.1) is 0 Å². The fourth-order valence-corrected chi connectivity index (χ4v) is 5.13. The van der Waals surface area contributed by atoms with Gasteiger partial charge in [0.1, 0.15) is 11.4 Å². The van der Waals surface area contributed by atoms with Crippen LogP contribution in [-0.4, -0.2) is 70.2 Å². The Bertz CT molecular complexity index is 1780. The third-order valence-corrected chi connectivity index (χ3v) is 8.14. The second-order valence-electron chi connectivity index (χ2n) is 12.6. The third kappa shape index (κ3) is 16.0. The Morgan fingerprint density at radius 2 is 1.78 bits per heavy atom. The number of nitrogens with zero attached hydrogens (tertiary/aromatic N) is 5. The Balaban J connectivity index is 0.000000584. The summed E-state index contributed by atoms with van der Waals surface area (Å²) in [6.45, 7) is 15.8. The van der Waals surface area contributed by atoms with E-state index in [-0.39, 0.29) is 35.5 Å². The van der Waals surface area contributed by atoms with Crippen LogP contribution in [-0.2, 0) is 25.7 Å². The van der Waals surface area contributed by atoms with E-state index in [0.717, 1.165) is 68.1 Å². The van der Waals surface area contributed by atoms with Crippen molar-refractivity contribution in [3.63, 3.8) is 0 Å². The SMILES string of the molecule is C/C=C(\N=C(C)c1cnn(C(=O)C=O)c1)C(=O)N/C(C=NC1CCC(OCC)CC1)=C(/N)c1nc(F)ccc1F.CC.CC(C)CCOCc1ccccc1. The number of allylic oxidation sites excluding steroid dienone is 2. The molecule has 0 aliphatic heterocycles. The fraction of sp³-hybridized carbons (Fsp3) is 0.439. The first-order valence-electron chi connectivity index (χ1n) is 18.6. The van der Waals surface area contributed by atoms with Crippen LogP contribution in [0.5, 0.6) is 0 Å². The normalized spacial score (nSPS) is 16.4. The molecule has 55 heavy (non-hydrogen) atoms. The number of aliphatic imine (C=N–C) groups is 2. The minimum Gasteiger partial charge on any atom is -0.395 e. The molecule has 1 saturated carbocycles. The van der Waals surface area contributed by atoms with Crippen molar-refractivity contribution in [2.75, 3.05) is 13.2 Å². The van der Waals surface area contributed by atoms with E-state index in [1.807, 2.05) is 39.0 Å². The molecule has 2 heterocycles. The predicted molar refractivity (Wildman–Crippen MR) is 211 cm³/mol. The quantitative estimate of drug-likeness (QED) is 0.0409. The van der Waals surface area contributed by atoms with Crippen LogP contribution in [0, 0.1) is 17.7 Å². The number of amides is 1. The molecule has 0 bridgehead atoms. The van der Waals surface area contributed by atoms with Crippen molar-refractivity contribution in [2.45, 2.75) is 99.3 Å². The number of nitrogens with one attached hydrogen (secondary N) is 1. The number of carbonyl (C=O) groups excluding carboxylic acids is 3. The van der Waals surface area contributed by atoms with Crippen LogP contribution in [0.4, 0.5) is 8.78 Å². The smallest absolute Gasteiger partial charge is 0.310 e. The molecule has 0 unspecified atom stereocenters. The molecule has 1 aliphatic carbocycles. The molecule has 1 fully saturated rings. The van der Waals surface area contributed by atoms with Gasteiger partial charge in [0.2, 0.25) is 12.2 Å². The number of hydrogen-bond acceptors (Lipinski definition) is 10. The zero-order chi connectivity index (χ0) is 40.8. The highest BCUT2D eigenvalue weighted by Crippen LogP contribution is 2.24. The van der Waals surface area contributed by atoms with Gasteiger partial charge in [-0.2, -0.15) is 9.49 Å². The van der Waals surface area contributed by atoms with Crippen molar-refractivity contribution >= 4 is 35.7 Å². The highest BCUT2D eigenvalue weighted by atomic mass is 19.1. The molecular weight excluding hydrogens is 708 g/mol. The van der Waals surface area contributed by atoms with Crippen LogP contribution in [0.2, 0.25) is 0 Å². The summed E-state index contributed by atoms with van der Waals surface area (Å²) in [7, 11) is 0. The first-order valence-corrected chi connectivity index (χ1v) is 18.6. The number of aromatic nitrogens is 3. The molecule has 0 radical (unpaired) electrons. The highest BCUT2D eigenvalue weighted by molar-refractivity contribution is 6.24. The van der Waals surface area contributed by atoms with E-state index in [2.05, 4.69) is 51.4 Å². The van der Waals surface area contributed by atoms with Crippen molar-refractivity contribution in [3.8, 4) is 0 Å². The molecule has 14 heteroatoms. The monoisotopic (exact) mass is 763 g/mol. The molecule has 4 rings (SSSR count). The number of nitrogens with two attached hydrogens (primary N) is 1. The Labute approximate surface area is 323 Å². The van der Waals surface area contributed by atoms with Gasteiger partial charge in [0, 0.05) is 36.9 Å². The molecule has 0 spiro atoms. The molecule has 12 nitrogen and oxygen atoms in total. The number of benzene rings is 1. The second-order valence-corrected chi connectivity index (χ2v) is 12.6. The largest absolute Gasteiger partial charge is 0.395 e. The molecule has 0 atom stereocenters. The van der Waals surface area contributed by atoms with Gasteiger partial charge >= 0.3 is 5.91 Å². The summed E-state index contributed by atoms with van der Waals surface area (Å²) in [5, 5.41) is 6.39. The van der Waals surface area contributed by atoms with Crippen molar-refractivity contribution in [2.24, 2.45) is 21.6 Å². The molecule has 3 aromatic rings. The summed E-state index contributed by atoms with van der Waals surface area (Å²) >= 11 is 0. The number of carbonyl (C=O) groups is 3. The number of hydrogen-bond donors (Lipinski definition) is 2. The van der Waals surface area contributed by atoms with Gasteiger partial charge in [0.05, 0.1) is 36.3 Å². The lowest BCUT2D eigenvalue weighted by atomic mass is 9.93. The molecule has 1 amide bonds. The van der Waals surface area contributed by atoms with E-state index < -0.39 is 29.3 Å². The number of ether oxygens (including phenoxy) is 2. The lowest BCUT2D eigenvalue weighted by Crippen LogP contribution is -2.29. The van der Waals surface area contributed by atoms with Crippen molar-refractivity contribution in [1.82, 2.24) is 20.1 Å². The first-order chi connectivity index (χ1) is 26.4. The number of aldehydes is 1. The Morgan fingerprint density at radius 3 is 2.40 bits per heavy atom. The fourth-order valence-electron chi connectivity index (χ4n) is 5.13. The Hall–Kier alpha value is -5.21. The van der Waals surface area contributed by atoms with Crippen molar-refractivity contribution < 1.29 is 32.6 Å². The maximum atomic E-state index is 14.5. The summed E-state index contributed by atoms with van der Waals surface area (Å²) in [4.78, 5) is 47.8. The number of rotatable bonds is 15. The highest BCUT2D eigenvalue weighted by Gasteiger charge is 2.22. The van der Waals surface area contributed by atoms with Gasteiger partial charge in [0.15, 0.2) is 5.82 Å². The van der Waals surface area contributed by atoms with E-state index in [9.17, 15) is 23.2 Å². The summed E-state index contributed by atoms with van der Waals surface area (Å²) in [6.07, 6.45) is 9.95. The molecule has 3 N–H and O–H groups in total. The second kappa shape index (κ2) is 25.0. The number of halogens is 2. The molecule has 1 aromatic carbocycles. The average Bonchev–Trinajstić information content (AvgIpc) is 3.70. The molecule has 298 valence electrons. The van der Waals surface area contributed by atoms with Gasteiger partial charge in [-0.25, -0.2) is 19.0 Å². The van der Waals surface area contributed by atoms with Gasteiger partial charge in [0.25, 0.3) is 5.91 Å². The maximum absolute atomic E-state index is 14.5. The standard InChI is InChI=1S/C27H31F2N7O4.C12H18O.C2H6/c1-4-21(33-16(3)17-12-32-36(14-17)24(38)15-37)27(39)34-22(25(30)26-20(28)10-11-23(29)35-26)13-31-18-6-8-19(9-7-18)40-5-2;1-11(2)8-9-13-10-12-6-4-3-5-7-12;1-2/h4,10-15,18-19H,5-9,30H2,1-3H3,(H,34,39);3-7,11H,8-10H2,1-2H3;1-2H3/b21-4-,25-22+,31-13?,33-16?;;. The predicted octanol–water partition coefficient (Wildman–Crippen LogP) is 7.25. The van der Waals surface area contributed by atoms with Gasteiger partial charge in [-0.05, 0) is 76.5 Å². The lowest BCUT2D eigenvalue weighted by molar-refractivity contribution is -0.116. The first kappa shape index (κ1) is 45.9. The van der Waals surface area contributed by atoms with E-state index in [4.69, 9.17) is 15.2 Å². The molecule has 0 saturated heterocycles. The summed E-state index contributed by atoms with van der Waals surface area (Å²) in [5.41, 5.74) is 7.23. The third-order valence-electron chi connectivity index (χ3n) is 8.14. The molecule has 2 aromatic heterocycles. The summed E-state index contributed by atoms with van der Waals surface area (Å²) in [5.74, 6) is -2.66. The number of pyridine rings is 1. The van der Waals surface area contributed by atoms with Crippen LogP contribution in [0.15, 0.2) is 82.3 Å². The maximum Gasteiger partial charge on any atom is 0.310 e. The zero-order valence-corrected chi connectivity index (χ0v) is 32.9. The minimum absolute atomic E-state index is 0.0458. The average molecular weight is 764 g/mol. The van der Waals surface area contributed by atoms with Gasteiger partial charge in [-0.1, -0.05) is 64.1 Å². The summed E-state index contributed by atoms with van der Waals surface area (Å²) in [6, 6.07) is 12.0. The Morgan fingerprint density at radius 1 is 1.09 bits per heavy atom. The van der Waals surface area contributed by atoms with E-state index >= 15 is 0 Å². The van der Waals surface area contributed by atoms with Crippen molar-refractivity contribution in [1.29, 1.82) is 0 Å². The minimum atomic E-state index is -0.945. The van der Waals surface area contributed by atoms with E-state index in [1.165, 1.54) is 30.2 Å². The van der Waals surface area contributed by atoms with Crippen LogP contribution in [0.3, 0.4) is 0 Å². The van der Waals surface area contributed by atoms with Crippen molar-refractivity contribution in [3.05, 3.63) is 101 Å². The topological polar surface area (TPSA) is 163 Å². The van der Waals surface area contributed by atoms with E-state index in [1.54, 1.807) is 13.8 Å². The van der Waals surface area contributed by atoms with Crippen LogP contribution in [0.1, 0.15) is 102 Å². The zero-order valence-electron chi connectivity index (χ0n) is 32.9.